The van der Waals surface area contributed by atoms with Crippen LogP contribution in [0.2, 0.25) is 0 Å². The zero-order chi connectivity index (χ0) is 13.1. The van der Waals surface area contributed by atoms with E-state index < -0.39 is 0 Å². The number of hydrogen-bond donors (Lipinski definition) is 2. The van der Waals surface area contributed by atoms with E-state index in [1.807, 2.05) is 18.2 Å². The van der Waals surface area contributed by atoms with Crippen molar-refractivity contribution < 1.29 is 0 Å². The van der Waals surface area contributed by atoms with Gasteiger partial charge in [-0.2, -0.15) is 0 Å². The highest BCUT2D eigenvalue weighted by Crippen LogP contribution is 2.54. The first-order valence-electron chi connectivity index (χ1n) is 7.26. The second-order valence-electron chi connectivity index (χ2n) is 5.89. The molecule has 1 aromatic heterocycles. The van der Waals surface area contributed by atoms with Gasteiger partial charge < -0.3 is 11.1 Å². The van der Waals surface area contributed by atoms with Crippen molar-refractivity contribution in [3.8, 4) is 0 Å². The van der Waals surface area contributed by atoms with Gasteiger partial charge in [-0.05, 0) is 49.1 Å². The minimum atomic E-state index is 0.467. The van der Waals surface area contributed by atoms with Gasteiger partial charge in [0.05, 0.1) is 0 Å². The van der Waals surface area contributed by atoms with Crippen molar-refractivity contribution in [3.63, 3.8) is 0 Å². The maximum atomic E-state index is 5.95. The number of nitrogens with one attached hydrogen (secondary N) is 1. The van der Waals surface area contributed by atoms with Crippen LogP contribution in [-0.2, 0) is 0 Å². The molecular weight excluding hydrogens is 236 g/mol. The number of aromatic nitrogens is 1. The highest BCUT2D eigenvalue weighted by Gasteiger charge is 2.45. The van der Waals surface area contributed by atoms with E-state index in [0.717, 1.165) is 18.3 Å². The maximum absolute atomic E-state index is 5.95. The predicted molar refractivity (Wildman–Crippen MR) is 78.0 cm³/mol. The molecule has 2 aliphatic rings. The number of nitrogens with two attached hydrogens (primary N) is 1. The van der Waals surface area contributed by atoms with Crippen molar-refractivity contribution in [1.82, 2.24) is 4.98 Å². The third-order valence-corrected chi connectivity index (χ3v) is 4.81. The van der Waals surface area contributed by atoms with Crippen LogP contribution >= 0.6 is 0 Å². The smallest absolute Gasteiger partial charge is 0.194 e. The van der Waals surface area contributed by atoms with Crippen LogP contribution in [0.15, 0.2) is 29.4 Å². The van der Waals surface area contributed by atoms with Gasteiger partial charge in [-0.15, -0.1) is 0 Å². The molecule has 2 aliphatic carbocycles. The molecule has 1 aromatic rings. The zero-order valence-corrected chi connectivity index (χ0v) is 11.3. The summed E-state index contributed by atoms with van der Waals surface area (Å²) in [6.07, 6.45) is 9.96. The van der Waals surface area contributed by atoms with Crippen LogP contribution in [0.4, 0.5) is 5.82 Å². The van der Waals surface area contributed by atoms with Crippen molar-refractivity contribution in [2.75, 3.05) is 11.9 Å². The van der Waals surface area contributed by atoms with Crippen LogP contribution in [0.3, 0.4) is 0 Å². The Hall–Kier alpha value is -1.58. The third-order valence-electron chi connectivity index (χ3n) is 4.81. The minimum absolute atomic E-state index is 0.467. The highest BCUT2D eigenvalue weighted by atomic mass is 15.1. The lowest BCUT2D eigenvalue weighted by Crippen LogP contribution is -2.44. The van der Waals surface area contributed by atoms with E-state index >= 15 is 0 Å². The molecule has 0 saturated heterocycles. The first kappa shape index (κ1) is 12.5. The summed E-state index contributed by atoms with van der Waals surface area (Å²) in [5.74, 6) is 2.15. The molecule has 0 bridgehead atoms. The summed E-state index contributed by atoms with van der Waals surface area (Å²) in [5.41, 5.74) is 6.42. The Labute approximate surface area is 114 Å². The predicted octanol–water partition coefficient (Wildman–Crippen LogP) is 2.78. The van der Waals surface area contributed by atoms with Crippen molar-refractivity contribution >= 4 is 11.8 Å². The van der Waals surface area contributed by atoms with Gasteiger partial charge in [0.2, 0.25) is 0 Å². The van der Waals surface area contributed by atoms with Crippen LogP contribution in [0.5, 0.6) is 0 Å². The van der Waals surface area contributed by atoms with E-state index in [9.17, 15) is 0 Å². The Bertz CT molecular complexity index is 446. The molecule has 3 N–H and O–H groups in total. The zero-order valence-electron chi connectivity index (χ0n) is 11.3. The molecule has 4 heteroatoms. The minimum Gasteiger partial charge on any atom is -0.370 e. The number of anilines is 1. The third kappa shape index (κ3) is 2.57. The van der Waals surface area contributed by atoms with Crippen LogP contribution < -0.4 is 11.1 Å². The fraction of sp³-hybridized carbons (Fsp3) is 0.600. The SMILES string of the molecule is NC(=NCC1(C2CCC2)CCC1)Nc1ccccn1. The van der Waals surface area contributed by atoms with E-state index in [2.05, 4.69) is 15.3 Å². The van der Waals surface area contributed by atoms with Gasteiger partial charge in [0.25, 0.3) is 0 Å². The van der Waals surface area contributed by atoms with Crippen molar-refractivity contribution in [2.45, 2.75) is 38.5 Å². The first-order chi connectivity index (χ1) is 9.28. The number of pyridine rings is 1. The van der Waals surface area contributed by atoms with Crippen LogP contribution in [0.1, 0.15) is 38.5 Å². The second kappa shape index (κ2) is 5.19. The number of aliphatic imine (C=N–C) groups is 1. The molecule has 0 unspecified atom stereocenters. The lowest BCUT2D eigenvalue weighted by Gasteiger charge is -2.51. The lowest BCUT2D eigenvalue weighted by atomic mass is 9.55. The number of rotatable bonds is 4. The quantitative estimate of drug-likeness (QED) is 0.645. The van der Waals surface area contributed by atoms with Crippen LogP contribution in [-0.4, -0.2) is 17.5 Å². The standard InChI is InChI=1S/C15H22N4/c16-14(19-13-7-1-2-10-17-13)18-11-15(8-4-9-15)12-5-3-6-12/h1-2,7,10,12H,3-6,8-9,11H2,(H3,16,17,18,19). The Kier molecular flexibility index (Phi) is 3.40. The van der Waals surface area contributed by atoms with Crippen molar-refractivity contribution in [3.05, 3.63) is 24.4 Å². The molecule has 0 amide bonds. The molecule has 102 valence electrons. The molecule has 3 rings (SSSR count). The molecular formula is C15H22N4. The summed E-state index contributed by atoms with van der Waals surface area (Å²) in [7, 11) is 0. The van der Waals surface area contributed by atoms with E-state index in [1.54, 1.807) is 6.20 Å². The topological polar surface area (TPSA) is 63.3 Å². The van der Waals surface area contributed by atoms with Gasteiger partial charge in [0.15, 0.2) is 5.96 Å². The van der Waals surface area contributed by atoms with E-state index in [-0.39, 0.29) is 0 Å². The molecule has 2 saturated carbocycles. The average molecular weight is 258 g/mol. The summed E-state index contributed by atoms with van der Waals surface area (Å²) in [6.45, 7) is 0.878. The highest BCUT2D eigenvalue weighted by molar-refractivity contribution is 5.91. The number of guanidine groups is 1. The molecule has 1 heterocycles. The molecule has 2 fully saturated rings. The van der Waals surface area contributed by atoms with Gasteiger partial charge in [0, 0.05) is 12.7 Å². The van der Waals surface area contributed by atoms with E-state index in [4.69, 9.17) is 5.73 Å². The Morgan fingerprint density at radius 2 is 2.21 bits per heavy atom. The normalized spacial score (nSPS) is 22.4. The molecule has 0 atom stereocenters. The molecule has 19 heavy (non-hydrogen) atoms. The fourth-order valence-corrected chi connectivity index (χ4v) is 3.20. The molecule has 0 aliphatic heterocycles. The van der Waals surface area contributed by atoms with E-state index in [0.29, 0.717) is 11.4 Å². The summed E-state index contributed by atoms with van der Waals surface area (Å²) in [6, 6.07) is 5.72. The monoisotopic (exact) mass is 258 g/mol. The average Bonchev–Trinajstić information content (AvgIpc) is 2.31. The van der Waals surface area contributed by atoms with Gasteiger partial charge in [-0.25, -0.2) is 4.98 Å². The van der Waals surface area contributed by atoms with Crippen molar-refractivity contribution in [1.29, 1.82) is 0 Å². The summed E-state index contributed by atoms with van der Waals surface area (Å²) in [4.78, 5) is 8.75. The van der Waals surface area contributed by atoms with Crippen LogP contribution in [0, 0.1) is 11.3 Å². The van der Waals surface area contributed by atoms with Crippen LogP contribution in [0.25, 0.3) is 0 Å². The Morgan fingerprint density at radius 3 is 2.74 bits per heavy atom. The number of nitrogens with zero attached hydrogens (tertiary/aromatic N) is 2. The largest absolute Gasteiger partial charge is 0.370 e. The molecule has 0 spiro atoms. The Balaban J connectivity index is 1.59. The van der Waals surface area contributed by atoms with Gasteiger partial charge in [-0.1, -0.05) is 18.9 Å². The first-order valence-corrected chi connectivity index (χ1v) is 7.26. The van der Waals surface area contributed by atoms with E-state index in [1.165, 1.54) is 38.5 Å². The summed E-state index contributed by atoms with van der Waals surface area (Å²) < 4.78 is 0. The molecule has 4 nitrogen and oxygen atoms in total. The lowest BCUT2D eigenvalue weighted by molar-refractivity contribution is 0.0116. The number of hydrogen-bond acceptors (Lipinski definition) is 2. The maximum Gasteiger partial charge on any atom is 0.194 e. The van der Waals surface area contributed by atoms with Gasteiger partial charge in [0.1, 0.15) is 5.82 Å². The second-order valence-corrected chi connectivity index (χ2v) is 5.89. The fourth-order valence-electron chi connectivity index (χ4n) is 3.20. The Morgan fingerprint density at radius 1 is 1.37 bits per heavy atom. The van der Waals surface area contributed by atoms with Gasteiger partial charge in [-0.3, -0.25) is 4.99 Å². The summed E-state index contributed by atoms with van der Waals surface area (Å²) in [5, 5.41) is 3.05. The molecule has 0 aromatic carbocycles. The summed E-state index contributed by atoms with van der Waals surface area (Å²) >= 11 is 0. The van der Waals surface area contributed by atoms with Gasteiger partial charge >= 0.3 is 0 Å². The molecule has 0 radical (unpaired) electrons. The van der Waals surface area contributed by atoms with Crippen molar-refractivity contribution in [2.24, 2.45) is 22.1 Å².